The van der Waals surface area contributed by atoms with Gasteiger partial charge in [0.15, 0.2) is 0 Å². The summed E-state index contributed by atoms with van der Waals surface area (Å²) in [5.74, 6) is -0.618. The zero-order chi connectivity index (χ0) is 15.2. The minimum Gasteiger partial charge on any atom is -0.465 e. The number of rotatable bonds is 6. The molecule has 1 N–H and O–H groups in total. The second kappa shape index (κ2) is 7.42. The average molecular weight is 318 g/mol. The molecule has 0 bridgehead atoms. The Labute approximate surface area is 123 Å². The molecule has 0 heterocycles. The number of ether oxygens (including phenoxy) is 1. The normalized spacial score (nSPS) is 11.8. The van der Waals surface area contributed by atoms with Crippen LogP contribution >= 0.6 is 11.6 Å². The van der Waals surface area contributed by atoms with E-state index in [0.717, 1.165) is 0 Å². The molecule has 5 nitrogen and oxygen atoms in total. The third-order valence-corrected chi connectivity index (χ3v) is 4.42. The van der Waals surface area contributed by atoms with E-state index in [1.807, 2.05) is 19.1 Å². The maximum atomic E-state index is 12.1. The van der Waals surface area contributed by atoms with Crippen LogP contribution in [0.4, 0.5) is 0 Å². The molecule has 0 saturated carbocycles. The van der Waals surface area contributed by atoms with Gasteiger partial charge in [-0.3, -0.25) is 0 Å². The van der Waals surface area contributed by atoms with Crippen LogP contribution in [0.2, 0.25) is 5.02 Å². The highest BCUT2D eigenvalue weighted by atomic mass is 35.5. The fourth-order valence-electron chi connectivity index (χ4n) is 1.48. The molecule has 0 aliphatic heterocycles. The summed E-state index contributed by atoms with van der Waals surface area (Å²) in [6, 6.07) is 3.97. The lowest BCUT2D eigenvalue weighted by molar-refractivity contribution is 0.0600. The summed E-state index contributed by atoms with van der Waals surface area (Å²) in [5, 5.41) is 0.0520. The molecule has 0 aliphatic rings. The van der Waals surface area contributed by atoms with Crippen LogP contribution in [0.25, 0.3) is 0 Å². The van der Waals surface area contributed by atoms with Gasteiger partial charge < -0.3 is 4.74 Å². The van der Waals surface area contributed by atoms with E-state index in [1.165, 1.54) is 25.3 Å². The Bertz CT molecular complexity index is 611. The number of nitrogens with one attached hydrogen (secondary N) is 1. The number of benzene rings is 1. The largest absolute Gasteiger partial charge is 0.465 e. The van der Waals surface area contributed by atoms with Gasteiger partial charge in [-0.1, -0.05) is 23.8 Å². The Morgan fingerprint density at radius 3 is 2.75 bits per heavy atom. The van der Waals surface area contributed by atoms with Crippen LogP contribution in [0.1, 0.15) is 23.7 Å². The van der Waals surface area contributed by atoms with E-state index >= 15 is 0 Å². The first-order chi connectivity index (χ1) is 9.42. The van der Waals surface area contributed by atoms with Crippen molar-refractivity contribution >= 4 is 27.6 Å². The molecule has 0 aliphatic carbocycles. The Morgan fingerprint density at radius 2 is 2.15 bits per heavy atom. The number of halogens is 1. The van der Waals surface area contributed by atoms with E-state index in [0.29, 0.717) is 6.42 Å². The molecule has 0 radical (unpaired) electrons. The number of hydrogen-bond donors (Lipinski definition) is 1. The first-order valence-corrected chi connectivity index (χ1v) is 7.77. The van der Waals surface area contributed by atoms with Crippen LogP contribution in [-0.2, 0) is 14.8 Å². The second-order valence-corrected chi connectivity index (χ2v) is 6.03. The predicted molar refractivity (Wildman–Crippen MR) is 77.4 cm³/mol. The van der Waals surface area contributed by atoms with Crippen molar-refractivity contribution in [2.75, 3.05) is 13.7 Å². The SMILES string of the molecule is C/C=C/CCNS(=O)(=O)c1cc(C(=O)OC)ccc1Cl. The van der Waals surface area contributed by atoms with Crippen molar-refractivity contribution in [1.29, 1.82) is 0 Å². The Balaban J connectivity index is 3.01. The van der Waals surface area contributed by atoms with Crippen LogP contribution in [0.15, 0.2) is 35.2 Å². The predicted octanol–water partition coefficient (Wildman–Crippen LogP) is 2.37. The second-order valence-electron chi connectivity index (χ2n) is 3.89. The number of hydrogen-bond acceptors (Lipinski definition) is 4. The smallest absolute Gasteiger partial charge is 0.337 e. The van der Waals surface area contributed by atoms with E-state index in [4.69, 9.17) is 11.6 Å². The lowest BCUT2D eigenvalue weighted by Gasteiger charge is -2.09. The summed E-state index contributed by atoms with van der Waals surface area (Å²) in [4.78, 5) is 11.3. The van der Waals surface area contributed by atoms with Gasteiger partial charge in [-0.25, -0.2) is 17.9 Å². The summed E-state index contributed by atoms with van der Waals surface area (Å²) >= 11 is 5.88. The number of esters is 1. The molecule has 1 aromatic carbocycles. The molecular formula is C13H16ClNO4S. The van der Waals surface area contributed by atoms with Gasteiger partial charge in [-0.05, 0) is 31.5 Å². The number of allylic oxidation sites excluding steroid dienone is 1. The maximum Gasteiger partial charge on any atom is 0.337 e. The fourth-order valence-corrected chi connectivity index (χ4v) is 3.05. The van der Waals surface area contributed by atoms with Gasteiger partial charge in [-0.15, -0.1) is 0 Å². The Kier molecular flexibility index (Phi) is 6.19. The molecular weight excluding hydrogens is 302 g/mol. The highest BCUT2D eigenvalue weighted by Gasteiger charge is 2.19. The molecule has 110 valence electrons. The fraction of sp³-hybridized carbons (Fsp3) is 0.308. The quantitative estimate of drug-likeness (QED) is 0.496. The van der Waals surface area contributed by atoms with Gasteiger partial charge in [-0.2, -0.15) is 0 Å². The molecule has 0 aromatic heterocycles. The topological polar surface area (TPSA) is 72.5 Å². The number of methoxy groups -OCH3 is 1. The van der Waals surface area contributed by atoms with E-state index in [1.54, 1.807) is 0 Å². The van der Waals surface area contributed by atoms with Gasteiger partial charge >= 0.3 is 5.97 Å². The van der Waals surface area contributed by atoms with Gasteiger partial charge in [0.25, 0.3) is 0 Å². The van der Waals surface area contributed by atoms with Crippen LogP contribution < -0.4 is 4.72 Å². The van der Waals surface area contributed by atoms with E-state index < -0.39 is 16.0 Å². The summed E-state index contributed by atoms with van der Waals surface area (Å²) in [6.45, 7) is 2.11. The van der Waals surface area contributed by atoms with E-state index in [2.05, 4.69) is 9.46 Å². The summed E-state index contributed by atoms with van der Waals surface area (Å²) in [5.41, 5.74) is 0.130. The standard InChI is InChI=1S/C13H16ClNO4S/c1-3-4-5-8-15-20(17,18)12-9-10(13(16)19-2)6-7-11(12)14/h3-4,6-7,9,15H,5,8H2,1-2H3/b4-3+. The number of carbonyl (C=O) groups is 1. The zero-order valence-corrected chi connectivity index (χ0v) is 12.8. The van der Waals surface area contributed by atoms with Gasteiger partial charge in [0, 0.05) is 6.54 Å². The third-order valence-electron chi connectivity index (χ3n) is 2.48. The molecule has 0 amide bonds. The van der Waals surface area contributed by atoms with E-state index in [9.17, 15) is 13.2 Å². The monoisotopic (exact) mass is 317 g/mol. The van der Waals surface area contributed by atoms with Crippen LogP contribution in [0.5, 0.6) is 0 Å². The van der Waals surface area contributed by atoms with E-state index in [-0.39, 0.29) is 22.0 Å². The molecule has 1 aromatic rings. The van der Waals surface area contributed by atoms with Gasteiger partial charge in [0.1, 0.15) is 4.90 Å². The molecule has 1 rings (SSSR count). The lowest BCUT2D eigenvalue weighted by Crippen LogP contribution is -2.25. The van der Waals surface area contributed by atoms with Gasteiger partial charge in [0.05, 0.1) is 17.7 Å². The van der Waals surface area contributed by atoms with Crippen molar-refractivity contribution in [3.63, 3.8) is 0 Å². The first kappa shape index (κ1) is 16.7. The zero-order valence-electron chi connectivity index (χ0n) is 11.2. The highest BCUT2D eigenvalue weighted by Crippen LogP contribution is 2.22. The molecule has 0 atom stereocenters. The number of sulfonamides is 1. The van der Waals surface area contributed by atoms with Crippen molar-refractivity contribution in [2.45, 2.75) is 18.2 Å². The third kappa shape index (κ3) is 4.33. The minimum atomic E-state index is -3.76. The van der Waals surface area contributed by atoms with Crippen LogP contribution in [-0.4, -0.2) is 28.0 Å². The molecule has 0 saturated heterocycles. The Hall–Kier alpha value is -1.37. The number of carbonyl (C=O) groups excluding carboxylic acids is 1. The maximum absolute atomic E-state index is 12.1. The summed E-state index contributed by atoms with van der Waals surface area (Å²) in [7, 11) is -2.54. The molecule has 0 fully saturated rings. The van der Waals surface area contributed by atoms with Crippen molar-refractivity contribution in [2.24, 2.45) is 0 Å². The summed E-state index contributed by atoms with van der Waals surface area (Å²) in [6.07, 6.45) is 4.25. The molecule has 7 heteroatoms. The Morgan fingerprint density at radius 1 is 1.45 bits per heavy atom. The molecule has 0 spiro atoms. The van der Waals surface area contributed by atoms with Crippen molar-refractivity contribution in [3.8, 4) is 0 Å². The van der Waals surface area contributed by atoms with Crippen LogP contribution in [0.3, 0.4) is 0 Å². The summed E-state index contributed by atoms with van der Waals surface area (Å²) < 4.78 is 31.2. The van der Waals surface area contributed by atoms with Gasteiger partial charge in [0.2, 0.25) is 10.0 Å². The van der Waals surface area contributed by atoms with Crippen molar-refractivity contribution in [3.05, 3.63) is 40.9 Å². The highest BCUT2D eigenvalue weighted by molar-refractivity contribution is 7.89. The molecule has 0 unspecified atom stereocenters. The minimum absolute atomic E-state index is 0.0520. The van der Waals surface area contributed by atoms with Crippen molar-refractivity contribution in [1.82, 2.24) is 4.72 Å². The van der Waals surface area contributed by atoms with Crippen LogP contribution in [0, 0.1) is 0 Å². The van der Waals surface area contributed by atoms with Crippen molar-refractivity contribution < 1.29 is 17.9 Å². The average Bonchev–Trinajstić information content (AvgIpc) is 2.43. The first-order valence-electron chi connectivity index (χ1n) is 5.91. The molecule has 20 heavy (non-hydrogen) atoms. The lowest BCUT2D eigenvalue weighted by atomic mass is 10.2.